The number of amides is 2. The van der Waals surface area contributed by atoms with Crippen molar-refractivity contribution in [2.45, 2.75) is 31.6 Å². The SMILES string of the molecule is O=C1SC(=C2CCC(F)(F)CC2)C(=O)N1CC#Cc1ccc(-c2ccn[nH]2)cc1. The summed E-state index contributed by atoms with van der Waals surface area (Å²) in [5, 5.41) is 6.39. The van der Waals surface area contributed by atoms with E-state index in [9.17, 15) is 18.4 Å². The Morgan fingerprint density at radius 2 is 1.86 bits per heavy atom. The van der Waals surface area contributed by atoms with E-state index in [0.29, 0.717) is 10.5 Å². The lowest BCUT2D eigenvalue weighted by Crippen LogP contribution is -2.29. The minimum Gasteiger partial charge on any atom is -0.278 e. The second-order valence-electron chi connectivity index (χ2n) is 6.90. The molecule has 148 valence electrons. The number of halogens is 2. The monoisotopic (exact) mass is 413 g/mol. The predicted octanol–water partition coefficient (Wildman–Crippen LogP) is 4.59. The highest BCUT2D eigenvalue weighted by atomic mass is 32.2. The molecule has 0 radical (unpaired) electrons. The molecule has 0 spiro atoms. The molecule has 0 atom stereocenters. The molecule has 5 nitrogen and oxygen atoms in total. The largest absolute Gasteiger partial charge is 0.294 e. The second-order valence-corrected chi connectivity index (χ2v) is 7.86. The average molecular weight is 413 g/mol. The number of carbonyl (C=O) groups excluding carboxylic acids is 2. The molecule has 2 aliphatic rings. The van der Waals surface area contributed by atoms with E-state index in [4.69, 9.17) is 0 Å². The number of benzene rings is 1. The third kappa shape index (κ3) is 4.25. The van der Waals surface area contributed by atoms with Crippen molar-refractivity contribution in [1.82, 2.24) is 15.1 Å². The number of thioether (sulfide) groups is 1. The van der Waals surface area contributed by atoms with E-state index in [0.717, 1.165) is 33.5 Å². The van der Waals surface area contributed by atoms with Crippen LogP contribution in [0.3, 0.4) is 0 Å². The summed E-state index contributed by atoms with van der Waals surface area (Å²) in [6.07, 6.45) is 1.42. The maximum absolute atomic E-state index is 13.3. The van der Waals surface area contributed by atoms with Gasteiger partial charge in [0.05, 0.1) is 17.1 Å². The first-order valence-corrected chi connectivity index (χ1v) is 9.97. The van der Waals surface area contributed by atoms with E-state index >= 15 is 0 Å². The van der Waals surface area contributed by atoms with Crippen molar-refractivity contribution in [2.24, 2.45) is 0 Å². The van der Waals surface area contributed by atoms with Crippen molar-refractivity contribution in [3.63, 3.8) is 0 Å². The van der Waals surface area contributed by atoms with Crippen LogP contribution in [0.5, 0.6) is 0 Å². The summed E-state index contributed by atoms with van der Waals surface area (Å²) in [6.45, 7) is -0.0279. The molecule has 1 aliphatic heterocycles. The molecule has 1 N–H and O–H groups in total. The number of rotatable bonds is 2. The minimum absolute atomic E-state index is 0.0279. The van der Waals surface area contributed by atoms with Gasteiger partial charge in [-0.3, -0.25) is 19.6 Å². The number of H-pyrrole nitrogens is 1. The molecule has 2 fully saturated rings. The van der Waals surface area contributed by atoms with Gasteiger partial charge in [-0.25, -0.2) is 8.78 Å². The number of allylic oxidation sites excluding steroid dienone is 1. The minimum atomic E-state index is -2.68. The smallest absolute Gasteiger partial charge is 0.278 e. The van der Waals surface area contributed by atoms with Gasteiger partial charge in [0.1, 0.15) is 0 Å². The summed E-state index contributed by atoms with van der Waals surface area (Å²) in [7, 11) is 0. The summed E-state index contributed by atoms with van der Waals surface area (Å²) in [6, 6.07) is 9.37. The van der Waals surface area contributed by atoms with Crippen molar-refractivity contribution in [3.05, 3.63) is 52.6 Å². The van der Waals surface area contributed by atoms with Crippen LogP contribution < -0.4 is 0 Å². The molecular formula is C21H17F2N3O2S. The van der Waals surface area contributed by atoms with E-state index in [1.165, 1.54) is 0 Å². The third-order valence-corrected chi connectivity index (χ3v) is 5.98. The van der Waals surface area contributed by atoms with Crippen molar-refractivity contribution in [2.75, 3.05) is 6.54 Å². The van der Waals surface area contributed by atoms with Crippen LogP contribution in [-0.4, -0.2) is 38.7 Å². The molecule has 29 heavy (non-hydrogen) atoms. The number of aromatic amines is 1. The number of aromatic nitrogens is 2. The molecule has 0 unspecified atom stereocenters. The molecule has 2 amide bonds. The van der Waals surface area contributed by atoms with Gasteiger partial charge in [0.2, 0.25) is 5.92 Å². The number of carbonyl (C=O) groups is 2. The summed E-state index contributed by atoms with van der Waals surface area (Å²) in [5.74, 6) is 2.69. The summed E-state index contributed by atoms with van der Waals surface area (Å²) < 4.78 is 26.7. The topological polar surface area (TPSA) is 66.1 Å². The van der Waals surface area contributed by atoms with E-state index in [1.54, 1.807) is 6.20 Å². The first kappa shape index (κ1) is 19.4. The molecule has 2 aromatic rings. The molecule has 4 rings (SSSR count). The van der Waals surface area contributed by atoms with Crippen LogP contribution in [-0.2, 0) is 4.79 Å². The zero-order valence-electron chi connectivity index (χ0n) is 15.4. The Kier molecular flexibility index (Phi) is 5.24. The lowest BCUT2D eigenvalue weighted by atomic mass is 9.91. The van der Waals surface area contributed by atoms with Crippen molar-refractivity contribution in [1.29, 1.82) is 0 Å². The second kappa shape index (κ2) is 7.84. The molecule has 1 aromatic carbocycles. The number of nitrogens with zero attached hydrogens (tertiary/aromatic N) is 2. The van der Waals surface area contributed by atoms with Gasteiger partial charge < -0.3 is 0 Å². The molecule has 0 bridgehead atoms. The Morgan fingerprint density at radius 1 is 1.14 bits per heavy atom. The highest BCUT2D eigenvalue weighted by molar-refractivity contribution is 8.18. The van der Waals surface area contributed by atoms with Crippen LogP contribution >= 0.6 is 11.8 Å². The quantitative estimate of drug-likeness (QED) is 0.578. The van der Waals surface area contributed by atoms with E-state index in [-0.39, 0.29) is 32.2 Å². The number of alkyl halides is 2. The summed E-state index contributed by atoms with van der Waals surface area (Å²) >= 11 is 0.830. The van der Waals surface area contributed by atoms with Crippen molar-refractivity contribution >= 4 is 22.9 Å². The van der Waals surface area contributed by atoms with Gasteiger partial charge in [0, 0.05) is 24.6 Å². The van der Waals surface area contributed by atoms with E-state index in [1.807, 2.05) is 30.3 Å². The van der Waals surface area contributed by atoms with Gasteiger partial charge >= 0.3 is 0 Å². The Labute approximate surface area is 170 Å². The summed E-state index contributed by atoms with van der Waals surface area (Å²) in [5.41, 5.74) is 3.29. The first-order valence-electron chi connectivity index (χ1n) is 9.15. The maximum Gasteiger partial charge on any atom is 0.294 e. The van der Waals surface area contributed by atoms with Gasteiger partial charge in [0.15, 0.2) is 0 Å². The van der Waals surface area contributed by atoms with Gasteiger partial charge in [-0.05, 0) is 48.4 Å². The number of imide groups is 1. The molecular weight excluding hydrogens is 396 g/mol. The zero-order valence-corrected chi connectivity index (χ0v) is 16.2. The normalized spacial score (nSPS) is 18.8. The van der Waals surface area contributed by atoms with Crippen LogP contribution in [0.4, 0.5) is 13.6 Å². The fourth-order valence-electron chi connectivity index (χ4n) is 3.27. The van der Waals surface area contributed by atoms with Gasteiger partial charge in [0.25, 0.3) is 11.1 Å². The maximum atomic E-state index is 13.3. The van der Waals surface area contributed by atoms with Gasteiger partial charge in [-0.15, -0.1) is 0 Å². The molecule has 1 saturated heterocycles. The lowest BCUT2D eigenvalue weighted by Gasteiger charge is -2.24. The molecule has 1 aliphatic carbocycles. The van der Waals surface area contributed by atoms with E-state index in [2.05, 4.69) is 22.0 Å². The molecule has 1 saturated carbocycles. The first-order chi connectivity index (χ1) is 13.9. The molecule has 8 heteroatoms. The average Bonchev–Trinajstić information content (AvgIpc) is 3.33. The molecule has 1 aromatic heterocycles. The standard InChI is InChI=1S/C21H17F2N3O2S/c22-21(23)10-7-16(8-11-21)18-19(27)26(20(28)29-18)13-1-2-14-3-5-15(6-4-14)17-9-12-24-25-17/h3-6,9,12H,7-8,10-11,13H2,(H,24,25). The van der Waals surface area contributed by atoms with Crippen LogP contribution in [0.1, 0.15) is 31.2 Å². The fraction of sp³-hybridized carbons (Fsp3) is 0.286. The van der Waals surface area contributed by atoms with Crippen LogP contribution in [0, 0.1) is 11.8 Å². The Hall–Kier alpha value is -2.92. The molecule has 2 heterocycles. The number of hydrogen-bond acceptors (Lipinski definition) is 4. The predicted molar refractivity (Wildman–Crippen MR) is 106 cm³/mol. The number of hydrogen-bond donors (Lipinski definition) is 1. The Morgan fingerprint density at radius 3 is 2.52 bits per heavy atom. The zero-order chi connectivity index (χ0) is 20.4. The number of nitrogens with one attached hydrogen (secondary N) is 1. The third-order valence-electron chi connectivity index (χ3n) is 4.92. The van der Waals surface area contributed by atoms with E-state index < -0.39 is 17.1 Å². The van der Waals surface area contributed by atoms with Crippen LogP contribution in [0.15, 0.2) is 47.0 Å². The Balaban J connectivity index is 1.42. The highest BCUT2D eigenvalue weighted by Gasteiger charge is 2.40. The Bertz CT molecular complexity index is 1020. The summed E-state index contributed by atoms with van der Waals surface area (Å²) in [4.78, 5) is 26.1. The van der Waals surface area contributed by atoms with Gasteiger partial charge in [-0.2, -0.15) is 5.10 Å². The van der Waals surface area contributed by atoms with Gasteiger partial charge in [-0.1, -0.05) is 29.5 Å². The van der Waals surface area contributed by atoms with Crippen LogP contribution in [0.2, 0.25) is 0 Å². The highest BCUT2D eigenvalue weighted by Crippen LogP contribution is 2.42. The fourth-order valence-corrected chi connectivity index (χ4v) is 4.24. The lowest BCUT2D eigenvalue weighted by molar-refractivity contribution is -0.122. The van der Waals surface area contributed by atoms with Crippen LogP contribution in [0.25, 0.3) is 11.3 Å². The van der Waals surface area contributed by atoms with Crippen molar-refractivity contribution < 1.29 is 18.4 Å². The van der Waals surface area contributed by atoms with Crippen molar-refractivity contribution in [3.8, 4) is 23.1 Å².